The normalized spacial score (nSPS) is 27.2. The molecule has 0 spiro atoms. The number of nitrogens with one attached hydrogen (secondary N) is 1. The van der Waals surface area contributed by atoms with Crippen LogP contribution < -0.4 is 5.32 Å². The van der Waals surface area contributed by atoms with E-state index in [4.69, 9.17) is 16.7 Å². The van der Waals surface area contributed by atoms with E-state index in [-0.39, 0.29) is 23.8 Å². The Morgan fingerprint density at radius 1 is 1.23 bits per heavy atom. The summed E-state index contributed by atoms with van der Waals surface area (Å²) in [7, 11) is 0. The molecule has 0 aromatic heterocycles. The Balaban J connectivity index is 1.68. The lowest BCUT2D eigenvalue weighted by Crippen LogP contribution is -2.34. The molecule has 1 aromatic rings. The summed E-state index contributed by atoms with van der Waals surface area (Å²) in [4.78, 5) is 24.6. The van der Waals surface area contributed by atoms with E-state index in [1.807, 2.05) is 18.2 Å². The van der Waals surface area contributed by atoms with Crippen LogP contribution in [0.3, 0.4) is 0 Å². The lowest BCUT2D eigenvalue weighted by Gasteiger charge is -2.27. The Morgan fingerprint density at radius 3 is 2.73 bits per heavy atom. The lowest BCUT2D eigenvalue weighted by molar-refractivity contribution is -0.141. The predicted octanol–water partition coefficient (Wildman–Crippen LogP) is 3.49. The van der Waals surface area contributed by atoms with Gasteiger partial charge in [0.1, 0.15) is 0 Å². The van der Waals surface area contributed by atoms with Crippen LogP contribution in [0.2, 0.25) is 5.02 Å². The van der Waals surface area contributed by atoms with E-state index in [1.54, 1.807) is 11.8 Å². The van der Waals surface area contributed by atoms with Gasteiger partial charge < -0.3 is 10.4 Å². The fourth-order valence-corrected chi connectivity index (χ4v) is 4.53. The number of carboxylic acids is 1. The zero-order valence-electron chi connectivity index (χ0n) is 12.0. The summed E-state index contributed by atoms with van der Waals surface area (Å²) < 4.78 is 0. The highest BCUT2D eigenvalue weighted by Gasteiger charge is 2.35. The first-order chi connectivity index (χ1) is 10.5. The van der Waals surface area contributed by atoms with Gasteiger partial charge in [-0.3, -0.25) is 9.59 Å². The van der Waals surface area contributed by atoms with Crippen LogP contribution >= 0.6 is 23.4 Å². The van der Waals surface area contributed by atoms with Crippen LogP contribution in [0.15, 0.2) is 23.1 Å². The number of amides is 1. The summed E-state index contributed by atoms with van der Waals surface area (Å²) in [5, 5.41) is 12.8. The van der Waals surface area contributed by atoms with E-state index in [0.717, 1.165) is 22.6 Å². The van der Waals surface area contributed by atoms with Gasteiger partial charge in [0.25, 0.3) is 0 Å². The largest absolute Gasteiger partial charge is 0.481 e. The fourth-order valence-electron chi connectivity index (χ4n) is 3.25. The van der Waals surface area contributed by atoms with Gasteiger partial charge in [0.2, 0.25) is 5.91 Å². The van der Waals surface area contributed by atoms with Crippen LogP contribution in [0.25, 0.3) is 0 Å². The summed E-state index contributed by atoms with van der Waals surface area (Å²) in [5.74, 6) is -0.409. The molecule has 1 saturated carbocycles. The third-order valence-corrected chi connectivity index (χ3v) is 5.84. The number of thioether (sulfide) groups is 1. The Labute approximate surface area is 138 Å². The van der Waals surface area contributed by atoms with E-state index < -0.39 is 5.97 Å². The maximum absolute atomic E-state index is 12.4. The highest BCUT2D eigenvalue weighted by molar-refractivity contribution is 7.99. The number of rotatable bonds is 3. The molecule has 3 rings (SSSR count). The summed E-state index contributed by atoms with van der Waals surface area (Å²) in [6.07, 6.45) is 2.58. The number of fused-ring (bicyclic) bond motifs is 1. The average Bonchev–Trinajstić information content (AvgIpc) is 2.98. The van der Waals surface area contributed by atoms with Gasteiger partial charge in [-0.25, -0.2) is 0 Å². The van der Waals surface area contributed by atoms with Crippen molar-refractivity contribution in [1.82, 2.24) is 5.32 Å². The third kappa shape index (κ3) is 3.25. The molecule has 0 saturated heterocycles. The van der Waals surface area contributed by atoms with Gasteiger partial charge in [-0.15, -0.1) is 11.8 Å². The first-order valence-electron chi connectivity index (χ1n) is 7.50. The van der Waals surface area contributed by atoms with E-state index in [9.17, 15) is 9.59 Å². The SMILES string of the molecule is O=C(O)[C@@H]1CC[C@H](C(=O)NC2CCSc3ccc(Cl)cc32)C1. The van der Waals surface area contributed by atoms with Crippen LogP contribution in [0, 0.1) is 11.8 Å². The van der Waals surface area contributed by atoms with Crippen molar-refractivity contribution in [1.29, 1.82) is 0 Å². The van der Waals surface area contributed by atoms with Crippen LogP contribution in [0.4, 0.5) is 0 Å². The number of hydrogen-bond donors (Lipinski definition) is 2. The summed E-state index contributed by atoms with van der Waals surface area (Å²) in [6, 6.07) is 5.76. The molecule has 1 fully saturated rings. The van der Waals surface area contributed by atoms with Crippen LogP contribution in [-0.2, 0) is 9.59 Å². The molecule has 0 radical (unpaired) electrons. The van der Waals surface area contributed by atoms with Crippen LogP contribution in [0.5, 0.6) is 0 Å². The zero-order chi connectivity index (χ0) is 15.7. The standard InChI is InChI=1S/C16H18ClNO3S/c17-11-3-4-14-12(8-11)13(5-6-22-14)18-15(19)9-1-2-10(7-9)16(20)21/h3-4,8-10,13H,1-2,5-7H2,(H,18,19)(H,20,21)/t9-,10+,13?/m0/s1. The van der Waals surface area contributed by atoms with Crippen LogP contribution in [-0.4, -0.2) is 22.7 Å². The Morgan fingerprint density at radius 2 is 2.00 bits per heavy atom. The van der Waals surface area contributed by atoms with Crippen molar-refractivity contribution in [3.63, 3.8) is 0 Å². The molecule has 1 heterocycles. The molecule has 1 aliphatic heterocycles. The molecule has 0 bridgehead atoms. The Hall–Kier alpha value is -1.20. The van der Waals surface area contributed by atoms with Gasteiger partial charge in [-0.2, -0.15) is 0 Å². The molecule has 118 valence electrons. The number of carbonyl (C=O) groups is 2. The third-order valence-electron chi connectivity index (χ3n) is 4.48. The van der Waals surface area contributed by atoms with Crippen molar-refractivity contribution in [3.8, 4) is 0 Å². The molecule has 6 heteroatoms. The second-order valence-electron chi connectivity index (χ2n) is 5.93. The van der Waals surface area contributed by atoms with Crippen molar-refractivity contribution in [2.24, 2.45) is 11.8 Å². The number of aliphatic carboxylic acids is 1. The van der Waals surface area contributed by atoms with Crippen LogP contribution in [0.1, 0.15) is 37.3 Å². The number of carbonyl (C=O) groups excluding carboxylic acids is 1. The first kappa shape index (κ1) is 15.7. The van der Waals surface area contributed by atoms with Crippen molar-refractivity contribution >= 4 is 35.2 Å². The highest BCUT2D eigenvalue weighted by atomic mass is 35.5. The zero-order valence-corrected chi connectivity index (χ0v) is 13.6. The van der Waals surface area contributed by atoms with E-state index >= 15 is 0 Å². The molecule has 1 unspecified atom stereocenters. The lowest BCUT2D eigenvalue weighted by atomic mass is 10.0. The van der Waals surface area contributed by atoms with Crippen molar-refractivity contribution in [2.75, 3.05) is 5.75 Å². The second-order valence-corrected chi connectivity index (χ2v) is 7.50. The number of carboxylic acid groups (broad SMARTS) is 1. The van der Waals surface area contributed by atoms with Gasteiger partial charge in [0.05, 0.1) is 12.0 Å². The van der Waals surface area contributed by atoms with Gasteiger partial charge in [-0.1, -0.05) is 11.6 Å². The quantitative estimate of drug-likeness (QED) is 0.884. The minimum Gasteiger partial charge on any atom is -0.481 e. The van der Waals surface area contributed by atoms with Crippen molar-refractivity contribution in [3.05, 3.63) is 28.8 Å². The summed E-state index contributed by atoms with van der Waals surface area (Å²) >= 11 is 7.85. The second kappa shape index (κ2) is 6.50. The molecule has 1 amide bonds. The molecule has 1 aliphatic carbocycles. The molecule has 2 N–H and O–H groups in total. The Kier molecular flexibility index (Phi) is 4.64. The summed E-state index contributed by atoms with van der Waals surface area (Å²) in [6.45, 7) is 0. The van der Waals surface area contributed by atoms with Gasteiger partial charge >= 0.3 is 5.97 Å². The summed E-state index contributed by atoms with van der Waals surface area (Å²) in [5.41, 5.74) is 1.07. The Bertz CT molecular complexity index is 607. The number of halogens is 1. The highest BCUT2D eigenvalue weighted by Crippen LogP contribution is 2.38. The smallest absolute Gasteiger partial charge is 0.306 e. The average molecular weight is 340 g/mol. The number of benzene rings is 1. The maximum Gasteiger partial charge on any atom is 0.306 e. The molecule has 3 atom stereocenters. The first-order valence-corrected chi connectivity index (χ1v) is 8.86. The van der Waals surface area contributed by atoms with E-state index in [1.165, 1.54) is 0 Å². The topological polar surface area (TPSA) is 66.4 Å². The molecule has 22 heavy (non-hydrogen) atoms. The van der Waals surface area contributed by atoms with Crippen molar-refractivity contribution in [2.45, 2.75) is 36.6 Å². The minimum atomic E-state index is -0.790. The monoisotopic (exact) mass is 339 g/mol. The number of hydrogen-bond acceptors (Lipinski definition) is 3. The molecule has 1 aromatic carbocycles. The van der Waals surface area contributed by atoms with E-state index in [0.29, 0.717) is 24.3 Å². The molecular formula is C16H18ClNO3S. The molecular weight excluding hydrogens is 322 g/mol. The minimum absolute atomic E-state index is 0.0217. The van der Waals surface area contributed by atoms with Gasteiger partial charge in [0.15, 0.2) is 0 Å². The van der Waals surface area contributed by atoms with Gasteiger partial charge in [0, 0.05) is 21.6 Å². The fraction of sp³-hybridized carbons (Fsp3) is 0.500. The molecule has 4 nitrogen and oxygen atoms in total. The molecule has 2 aliphatic rings. The maximum atomic E-state index is 12.4. The van der Waals surface area contributed by atoms with E-state index in [2.05, 4.69) is 5.32 Å². The van der Waals surface area contributed by atoms with Gasteiger partial charge in [-0.05, 0) is 49.4 Å². The predicted molar refractivity (Wildman–Crippen MR) is 86.1 cm³/mol. The van der Waals surface area contributed by atoms with Crippen molar-refractivity contribution < 1.29 is 14.7 Å².